The first kappa shape index (κ1) is 13.1. The molecule has 90 valence electrons. The Hall–Kier alpha value is 0.0300. The minimum Gasteiger partial charge on any atom is -0.348 e. The molecule has 2 atom stereocenters. The molecule has 15 heavy (non-hydrogen) atoms. The summed E-state index contributed by atoms with van der Waals surface area (Å²) in [5.74, 6) is -0.654. The minimum absolute atomic E-state index is 0.0167. The molecule has 0 saturated carbocycles. The molecule has 0 aromatic rings. The summed E-state index contributed by atoms with van der Waals surface area (Å²) in [6.45, 7) is 5.62. The highest BCUT2D eigenvalue weighted by Crippen LogP contribution is 2.43. The Kier molecular flexibility index (Phi) is 4.29. The predicted molar refractivity (Wildman–Crippen MR) is 52.3 cm³/mol. The fraction of sp³-hybridized carbons (Fsp3) is 1.00. The zero-order valence-electron chi connectivity index (χ0n) is 9.13. The number of hydrogen-bond acceptors (Lipinski definition) is 5. The zero-order valence-corrected chi connectivity index (χ0v) is 10.0. The lowest BCUT2D eigenvalue weighted by atomic mass is 10.4. The van der Waals surface area contributed by atoms with Gasteiger partial charge in [-0.1, -0.05) is 0 Å². The van der Waals surface area contributed by atoms with Crippen LogP contribution in [0, 0.1) is 0 Å². The molecule has 0 aliphatic carbocycles. The van der Waals surface area contributed by atoms with E-state index in [0.29, 0.717) is 6.61 Å². The van der Waals surface area contributed by atoms with Crippen molar-refractivity contribution in [3.05, 3.63) is 0 Å². The summed E-state index contributed by atoms with van der Waals surface area (Å²) >= 11 is 0. The Labute approximate surface area is 89.1 Å². The summed E-state index contributed by atoms with van der Waals surface area (Å²) in [7, 11) is -3.92. The van der Waals surface area contributed by atoms with Crippen molar-refractivity contribution in [3.63, 3.8) is 0 Å². The summed E-state index contributed by atoms with van der Waals surface area (Å²) in [4.78, 5) is 9.12. The van der Waals surface area contributed by atoms with Crippen LogP contribution >= 0.6 is 7.82 Å². The Morgan fingerprint density at radius 2 is 2.20 bits per heavy atom. The summed E-state index contributed by atoms with van der Waals surface area (Å²) in [5, 5.41) is 0. The van der Waals surface area contributed by atoms with Crippen LogP contribution in [0.5, 0.6) is 0 Å². The molecule has 1 rings (SSSR count). The molecule has 0 amide bonds. The van der Waals surface area contributed by atoms with Crippen molar-refractivity contribution in [2.24, 2.45) is 0 Å². The molecule has 1 aliphatic heterocycles. The highest BCUT2D eigenvalue weighted by molar-refractivity contribution is 7.47. The van der Waals surface area contributed by atoms with Gasteiger partial charge in [0.15, 0.2) is 5.79 Å². The van der Waals surface area contributed by atoms with Gasteiger partial charge in [-0.25, -0.2) is 4.57 Å². The third-order valence-electron chi connectivity index (χ3n) is 1.78. The summed E-state index contributed by atoms with van der Waals surface area (Å²) in [5.41, 5.74) is 0. The first-order valence-electron chi connectivity index (χ1n) is 4.78. The van der Waals surface area contributed by atoms with Crippen LogP contribution < -0.4 is 0 Å². The van der Waals surface area contributed by atoms with Crippen LogP contribution in [0.2, 0.25) is 0 Å². The van der Waals surface area contributed by atoms with Crippen molar-refractivity contribution in [1.82, 2.24) is 0 Å². The van der Waals surface area contributed by atoms with Crippen LogP contribution in [0.4, 0.5) is 0 Å². The normalized spacial score (nSPS) is 28.9. The van der Waals surface area contributed by atoms with Gasteiger partial charge in [-0.2, -0.15) is 0 Å². The molecule has 1 aliphatic rings. The second-order valence-corrected chi connectivity index (χ2v) is 5.09. The van der Waals surface area contributed by atoms with Crippen LogP contribution in [0.25, 0.3) is 0 Å². The van der Waals surface area contributed by atoms with Gasteiger partial charge in [0.05, 0.1) is 19.8 Å². The van der Waals surface area contributed by atoms with Crippen LogP contribution in [0.15, 0.2) is 0 Å². The van der Waals surface area contributed by atoms with Gasteiger partial charge in [-0.05, 0) is 20.8 Å². The molecule has 0 radical (unpaired) electrons. The van der Waals surface area contributed by atoms with Crippen molar-refractivity contribution >= 4 is 7.82 Å². The van der Waals surface area contributed by atoms with Crippen molar-refractivity contribution in [3.8, 4) is 0 Å². The highest BCUT2D eigenvalue weighted by Gasteiger charge is 2.34. The van der Waals surface area contributed by atoms with Crippen molar-refractivity contribution in [1.29, 1.82) is 0 Å². The lowest BCUT2D eigenvalue weighted by molar-refractivity contribution is -0.142. The molecule has 0 spiro atoms. The van der Waals surface area contributed by atoms with Gasteiger partial charge in [0.25, 0.3) is 0 Å². The van der Waals surface area contributed by atoms with E-state index in [2.05, 4.69) is 4.52 Å². The van der Waals surface area contributed by atoms with E-state index in [-0.39, 0.29) is 19.3 Å². The Bertz CT molecular complexity index is 254. The molecule has 1 unspecified atom stereocenters. The Balaban J connectivity index is 2.30. The molecule has 0 aromatic heterocycles. The molecule has 1 heterocycles. The average Bonchev–Trinajstić information content (AvgIpc) is 2.42. The van der Waals surface area contributed by atoms with Crippen molar-refractivity contribution in [2.45, 2.75) is 32.7 Å². The smallest absolute Gasteiger partial charge is 0.348 e. The number of phosphoric acid groups is 1. The van der Waals surface area contributed by atoms with E-state index >= 15 is 0 Å². The van der Waals surface area contributed by atoms with E-state index in [9.17, 15) is 4.57 Å². The summed E-state index contributed by atoms with van der Waals surface area (Å²) < 4.78 is 31.1. The molecule has 1 saturated heterocycles. The van der Waals surface area contributed by atoms with E-state index in [1.807, 2.05) is 0 Å². The van der Waals surface area contributed by atoms with Gasteiger partial charge in [-0.15, -0.1) is 0 Å². The fourth-order valence-corrected chi connectivity index (χ4v) is 1.98. The van der Waals surface area contributed by atoms with Gasteiger partial charge in [0.2, 0.25) is 0 Å². The quantitative estimate of drug-likeness (QED) is 0.730. The van der Waals surface area contributed by atoms with E-state index < -0.39 is 13.6 Å². The molecule has 0 aromatic carbocycles. The van der Waals surface area contributed by atoms with Gasteiger partial charge in [-0.3, -0.25) is 9.05 Å². The monoisotopic (exact) mass is 240 g/mol. The van der Waals surface area contributed by atoms with Crippen LogP contribution in [0.1, 0.15) is 20.8 Å². The highest BCUT2D eigenvalue weighted by atomic mass is 31.2. The molecule has 7 heteroatoms. The standard InChI is InChI=1S/C8H17O6P/c1-4-12-15(9,10)13-6-7-5-11-8(2,3)14-7/h7H,4-6H2,1-3H3,(H,9,10)/t7-/m0/s1. The third-order valence-corrected chi connectivity index (χ3v) is 2.84. The van der Waals surface area contributed by atoms with Crippen LogP contribution in [-0.2, 0) is 23.1 Å². The second-order valence-electron chi connectivity index (χ2n) is 3.63. The third kappa shape index (κ3) is 4.59. The first-order valence-corrected chi connectivity index (χ1v) is 6.28. The Morgan fingerprint density at radius 1 is 1.53 bits per heavy atom. The van der Waals surface area contributed by atoms with E-state index in [1.165, 1.54) is 0 Å². The van der Waals surface area contributed by atoms with Gasteiger partial charge >= 0.3 is 7.82 Å². The summed E-state index contributed by atoms with van der Waals surface area (Å²) in [6.07, 6.45) is -0.332. The molecule has 0 bridgehead atoms. The molecular formula is C8H17O6P. The Morgan fingerprint density at radius 3 is 2.67 bits per heavy atom. The molecule has 1 fully saturated rings. The number of phosphoric ester groups is 1. The van der Waals surface area contributed by atoms with Crippen molar-refractivity contribution in [2.75, 3.05) is 19.8 Å². The largest absolute Gasteiger partial charge is 0.472 e. The molecule has 1 N–H and O–H groups in total. The first-order chi connectivity index (χ1) is 6.85. The predicted octanol–water partition coefficient (Wildman–Crippen LogP) is 1.29. The van der Waals surface area contributed by atoms with Crippen LogP contribution in [0.3, 0.4) is 0 Å². The maximum Gasteiger partial charge on any atom is 0.472 e. The maximum absolute atomic E-state index is 11.1. The van der Waals surface area contributed by atoms with E-state index in [1.54, 1.807) is 20.8 Å². The summed E-state index contributed by atoms with van der Waals surface area (Å²) in [6, 6.07) is 0. The van der Waals surface area contributed by atoms with Gasteiger partial charge < -0.3 is 14.4 Å². The van der Waals surface area contributed by atoms with Gasteiger partial charge in [0, 0.05) is 0 Å². The molecule has 6 nitrogen and oxygen atoms in total. The maximum atomic E-state index is 11.1. The lowest BCUT2D eigenvalue weighted by Crippen LogP contribution is -2.23. The number of ether oxygens (including phenoxy) is 2. The van der Waals surface area contributed by atoms with E-state index in [4.69, 9.17) is 18.9 Å². The van der Waals surface area contributed by atoms with Gasteiger partial charge in [0.1, 0.15) is 6.10 Å². The number of hydrogen-bond donors (Lipinski definition) is 1. The second kappa shape index (κ2) is 4.91. The zero-order chi connectivity index (χ0) is 11.5. The number of rotatable bonds is 5. The fourth-order valence-electron chi connectivity index (χ4n) is 1.22. The van der Waals surface area contributed by atoms with E-state index in [0.717, 1.165) is 0 Å². The SMILES string of the molecule is CCOP(=O)(O)OC[C@@H]1COC(C)(C)O1. The topological polar surface area (TPSA) is 74.2 Å². The lowest BCUT2D eigenvalue weighted by Gasteiger charge is -2.17. The average molecular weight is 240 g/mol. The molecular weight excluding hydrogens is 223 g/mol. The minimum atomic E-state index is -3.92. The van der Waals surface area contributed by atoms with Crippen molar-refractivity contribution < 1.29 is 28.0 Å². The van der Waals surface area contributed by atoms with Crippen LogP contribution in [-0.4, -0.2) is 36.6 Å².